The predicted molar refractivity (Wildman–Crippen MR) is 126 cm³/mol. The quantitative estimate of drug-likeness (QED) is 0.425. The summed E-state index contributed by atoms with van der Waals surface area (Å²) in [7, 11) is 0. The zero-order valence-corrected chi connectivity index (χ0v) is 18.1. The fourth-order valence-electron chi connectivity index (χ4n) is 3.68. The highest BCUT2D eigenvalue weighted by molar-refractivity contribution is 6.01. The smallest absolute Gasteiger partial charge is 0.338 e. The number of ether oxygens (including phenoxy) is 1. The van der Waals surface area contributed by atoms with Crippen LogP contribution in [-0.2, 0) is 14.3 Å². The van der Waals surface area contributed by atoms with Gasteiger partial charge in [0.25, 0.3) is 5.91 Å². The molecule has 0 spiro atoms. The van der Waals surface area contributed by atoms with Gasteiger partial charge in [-0.25, -0.2) is 4.79 Å². The van der Waals surface area contributed by atoms with Crippen LogP contribution in [0.25, 0.3) is 6.08 Å². The maximum atomic E-state index is 13.1. The number of esters is 1. The molecule has 3 aromatic carbocycles. The van der Waals surface area contributed by atoms with Gasteiger partial charge in [-0.15, -0.1) is 0 Å². The molecular formula is C28H20N2O4. The van der Waals surface area contributed by atoms with Crippen LogP contribution in [0.3, 0.4) is 0 Å². The zero-order chi connectivity index (χ0) is 23.9. The number of hydrogen-bond donors (Lipinski definition) is 0. The second kappa shape index (κ2) is 10.2. The standard InChI is InChI=1S/C28H20N2O4/c29-19-21-10-7-13-23(18-21)28(33)34-27-24(31)16-17-30(26(27)22-11-5-2-6-12-22)25(32)15-14-20-8-3-1-4-9-20/h1-18,26-27H/b15-14+/t26-,27+/m1/s1. The molecule has 0 radical (unpaired) electrons. The molecule has 1 aliphatic rings. The van der Waals surface area contributed by atoms with E-state index in [0.717, 1.165) is 5.56 Å². The second-order valence-electron chi connectivity index (χ2n) is 7.58. The molecule has 0 saturated heterocycles. The maximum Gasteiger partial charge on any atom is 0.338 e. The molecule has 6 heteroatoms. The number of nitrogens with zero attached hydrogens (tertiary/aromatic N) is 2. The highest BCUT2D eigenvalue weighted by Gasteiger charge is 2.40. The van der Waals surface area contributed by atoms with Gasteiger partial charge in [0.1, 0.15) is 6.04 Å². The van der Waals surface area contributed by atoms with E-state index in [2.05, 4.69) is 0 Å². The van der Waals surface area contributed by atoms with E-state index >= 15 is 0 Å². The number of ketones is 1. The lowest BCUT2D eigenvalue weighted by Crippen LogP contribution is -2.45. The molecule has 0 N–H and O–H groups in total. The third-order valence-corrected chi connectivity index (χ3v) is 5.34. The first kappa shape index (κ1) is 22.4. The van der Waals surface area contributed by atoms with Crippen molar-refractivity contribution < 1.29 is 19.1 Å². The molecule has 1 amide bonds. The number of rotatable bonds is 5. The number of benzene rings is 3. The Labute approximate surface area is 197 Å². The number of nitriles is 1. The predicted octanol–water partition coefficient (Wildman–Crippen LogP) is 4.46. The minimum atomic E-state index is -1.25. The van der Waals surface area contributed by atoms with Gasteiger partial charge in [-0.05, 0) is 35.4 Å². The minimum absolute atomic E-state index is 0.148. The van der Waals surface area contributed by atoms with Gasteiger partial charge in [0.2, 0.25) is 0 Å². The number of carbonyl (C=O) groups excluding carboxylic acids is 3. The third-order valence-electron chi connectivity index (χ3n) is 5.34. The lowest BCUT2D eigenvalue weighted by molar-refractivity contribution is -0.135. The van der Waals surface area contributed by atoms with Gasteiger partial charge in [0.15, 0.2) is 11.9 Å². The van der Waals surface area contributed by atoms with Crippen LogP contribution in [0.1, 0.15) is 33.1 Å². The average Bonchev–Trinajstić information content (AvgIpc) is 2.89. The van der Waals surface area contributed by atoms with E-state index in [-0.39, 0.29) is 11.5 Å². The molecule has 1 aliphatic heterocycles. The van der Waals surface area contributed by atoms with Crippen LogP contribution < -0.4 is 0 Å². The van der Waals surface area contributed by atoms with Crippen molar-refractivity contribution in [1.29, 1.82) is 5.26 Å². The van der Waals surface area contributed by atoms with Crippen LogP contribution in [-0.4, -0.2) is 28.7 Å². The van der Waals surface area contributed by atoms with Crippen molar-refractivity contribution >= 4 is 23.7 Å². The first-order valence-corrected chi connectivity index (χ1v) is 10.6. The summed E-state index contributed by atoms with van der Waals surface area (Å²) in [4.78, 5) is 40.2. The fraction of sp³-hybridized carbons (Fsp3) is 0.0714. The highest BCUT2D eigenvalue weighted by atomic mass is 16.5. The van der Waals surface area contributed by atoms with Crippen molar-refractivity contribution in [2.24, 2.45) is 0 Å². The Morgan fingerprint density at radius 1 is 0.941 bits per heavy atom. The van der Waals surface area contributed by atoms with Crippen LogP contribution >= 0.6 is 0 Å². The van der Waals surface area contributed by atoms with Crippen LogP contribution in [0, 0.1) is 11.3 Å². The van der Waals surface area contributed by atoms with E-state index < -0.39 is 23.9 Å². The molecule has 0 unspecified atom stereocenters. The van der Waals surface area contributed by atoms with Crippen LogP contribution in [0.15, 0.2) is 103 Å². The van der Waals surface area contributed by atoms with Crippen LogP contribution in [0.2, 0.25) is 0 Å². The molecule has 0 fully saturated rings. The lowest BCUT2D eigenvalue weighted by Gasteiger charge is -2.36. The molecule has 1 heterocycles. The van der Waals surface area contributed by atoms with Gasteiger partial charge in [0, 0.05) is 18.4 Å². The zero-order valence-electron chi connectivity index (χ0n) is 18.1. The minimum Gasteiger partial charge on any atom is -0.448 e. The Hall–Kier alpha value is -4.76. The largest absolute Gasteiger partial charge is 0.448 e. The Bertz CT molecular complexity index is 1310. The summed E-state index contributed by atoms with van der Waals surface area (Å²) in [6.07, 6.45) is 4.50. The maximum absolute atomic E-state index is 13.1. The summed E-state index contributed by atoms with van der Waals surface area (Å²) in [6.45, 7) is 0. The molecule has 0 aromatic heterocycles. The molecule has 3 aromatic rings. The van der Waals surface area contributed by atoms with Gasteiger partial charge >= 0.3 is 5.97 Å². The summed E-state index contributed by atoms with van der Waals surface area (Å²) in [5, 5.41) is 9.11. The number of amides is 1. The Kier molecular flexibility index (Phi) is 6.76. The third kappa shape index (κ3) is 5.00. The Balaban J connectivity index is 1.66. The van der Waals surface area contributed by atoms with Crippen LogP contribution in [0.5, 0.6) is 0 Å². The van der Waals surface area contributed by atoms with E-state index in [1.54, 1.807) is 42.5 Å². The van der Waals surface area contributed by atoms with E-state index in [9.17, 15) is 14.4 Å². The van der Waals surface area contributed by atoms with E-state index in [4.69, 9.17) is 10.00 Å². The summed E-state index contributed by atoms with van der Waals surface area (Å²) in [5.74, 6) is -1.55. The molecule has 166 valence electrons. The first-order valence-electron chi connectivity index (χ1n) is 10.6. The molecule has 0 bridgehead atoms. The summed E-state index contributed by atoms with van der Waals surface area (Å²) in [6, 6.07) is 25.5. The van der Waals surface area contributed by atoms with Crippen molar-refractivity contribution in [3.63, 3.8) is 0 Å². The average molecular weight is 448 g/mol. The fourth-order valence-corrected chi connectivity index (χ4v) is 3.68. The Morgan fingerprint density at radius 3 is 2.35 bits per heavy atom. The normalized spacial score (nSPS) is 17.4. The summed E-state index contributed by atoms with van der Waals surface area (Å²) in [5.41, 5.74) is 1.94. The van der Waals surface area contributed by atoms with Gasteiger partial charge in [-0.2, -0.15) is 5.26 Å². The van der Waals surface area contributed by atoms with Crippen molar-refractivity contribution in [3.05, 3.63) is 126 Å². The molecule has 4 rings (SSSR count). The molecular weight excluding hydrogens is 428 g/mol. The Morgan fingerprint density at radius 2 is 1.65 bits per heavy atom. The van der Waals surface area contributed by atoms with Gasteiger partial charge in [-0.3, -0.25) is 9.59 Å². The lowest BCUT2D eigenvalue weighted by atomic mass is 9.94. The highest BCUT2D eigenvalue weighted by Crippen LogP contribution is 2.32. The molecule has 0 aliphatic carbocycles. The van der Waals surface area contributed by atoms with E-state index in [0.29, 0.717) is 11.1 Å². The monoisotopic (exact) mass is 448 g/mol. The molecule has 6 nitrogen and oxygen atoms in total. The van der Waals surface area contributed by atoms with Crippen molar-refractivity contribution in [2.75, 3.05) is 0 Å². The number of carbonyl (C=O) groups is 3. The summed E-state index contributed by atoms with van der Waals surface area (Å²) >= 11 is 0. The van der Waals surface area contributed by atoms with Crippen LogP contribution in [0.4, 0.5) is 0 Å². The van der Waals surface area contributed by atoms with Gasteiger partial charge < -0.3 is 9.64 Å². The van der Waals surface area contributed by atoms with Gasteiger partial charge in [0.05, 0.1) is 17.2 Å². The topological polar surface area (TPSA) is 87.5 Å². The van der Waals surface area contributed by atoms with E-state index in [1.165, 1.54) is 35.4 Å². The van der Waals surface area contributed by atoms with Crippen molar-refractivity contribution in [3.8, 4) is 6.07 Å². The molecule has 0 saturated carbocycles. The second-order valence-corrected chi connectivity index (χ2v) is 7.58. The SMILES string of the molecule is N#Cc1cccc(C(=O)O[C@H]2C(=O)C=CN(C(=O)/C=C/c3ccccc3)[C@@H]2c2ccccc2)c1. The molecule has 2 atom stereocenters. The van der Waals surface area contributed by atoms with E-state index in [1.807, 2.05) is 42.5 Å². The van der Waals surface area contributed by atoms with Crippen molar-refractivity contribution in [2.45, 2.75) is 12.1 Å². The number of hydrogen-bond acceptors (Lipinski definition) is 5. The summed E-state index contributed by atoms with van der Waals surface area (Å²) < 4.78 is 5.63. The van der Waals surface area contributed by atoms with Crippen molar-refractivity contribution in [1.82, 2.24) is 4.90 Å². The van der Waals surface area contributed by atoms with Gasteiger partial charge in [-0.1, -0.05) is 66.7 Å². The molecule has 34 heavy (non-hydrogen) atoms. The first-order chi connectivity index (χ1) is 16.6.